The van der Waals surface area contributed by atoms with Crippen LogP contribution in [0.25, 0.3) is 0 Å². The molecule has 8 heteroatoms. The third kappa shape index (κ3) is 2.73. The number of ether oxygens (including phenoxy) is 2. The van der Waals surface area contributed by atoms with Gasteiger partial charge in [0, 0.05) is 18.7 Å². The molecule has 0 unspecified atom stereocenters. The van der Waals surface area contributed by atoms with E-state index in [1.807, 2.05) is 6.20 Å². The molecule has 0 spiro atoms. The maximum absolute atomic E-state index is 5.43. The van der Waals surface area contributed by atoms with Gasteiger partial charge in [0.05, 0.1) is 18.8 Å². The molecule has 1 aliphatic rings. The van der Waals surface area contributed by atoms with Crippen LogP contribution in [0.3, 0.4) is 0 Å². The first-order chi connectivity index (χ1) is 9.33. The van der Waals surface area contributed by atoms with Crippen LogP contribution < -0.4 is 4.74 Å². The van der Waals surface area contributed by atoms with Crippen LogP contribution in [0.1, 0.15) is 23.7 Å². The lowest BCUT2D eigenvalue weighted by molar-refractivity contribution is 0.193. The van der Waals surface area contributed by atoms with Gasteiger partial charge in [-0.2, -0.15) is 0 Å². The summed E-state index contributed by atoms with van der Waals surface area (Å²) in [5, 5.41) is 15.5. The van der Waals surface area contributed by atoms with Gasteiger partial charge < -0.3 is 9.47 Å². The van der Waals surface area contributed by atoms with Gasteiger partial charge in [0.15, 0.2) is 0 Å². The predicted octanol–water partition coefficient (Wildman–Crippen LogP) is 0.552. The van der Waals surface area contributed by atoms with Gasteiger partial charge in [-0.3, -0.25) is 0 Å². The number of aromatic nitrogens is 5. The highest BCUT2D eigenvalue weighted by atomic mass is 16.6. The van der Waals surface area contributed by atoms with Gasteiger partial charge in [-0.15, -0.1) is 5.10 Å². The quantitative estimate of drug-likeness (QED) is 0.780. The molecule has 0 aliphatic carbocycles. The number of rotatable bonds is 5. The molecular formula is C11H15N5O3. The van der Waals surface area contributed by atoms with Crippen LogP contribution in [-0.2, 0) is 11.3 Å². The Labute approximate surface area is 109 Å². The second-order valence-electron chi connectivity index (χ2n) is 4.47. The SMILES string of the molecule is Cc1nonc1OCCn1cc([C@@H]2CCOC2)nn1. The Bertz CT molecular complexity index is 532. The summed E-state index contributed by atoms with van der Waals surface area (Å²) in [6.45, 7) is 4.36. The minimum atomic E-state index is 0.372. The standard InChI is InChI=1S/C11H15N5O3/c1-8-11(14-19-13-8)18-5-3-16-6-10(12-15-16)9-2-4-17-7-9/h6,9H,2-5,7H2,1H3/t9-/m1/s1. The largest absolute Gasteiger partial charge is 0.472 e. The molecular weight excluding hydrogens is 250 g/mol. The van der Waals surface area contributed by atoms with Gasteiger partial charge in [-0.25, -0.2) is 9.31 Å². The second kappa shape index (κ2) is 5.35. The highest BCUT2D eigenvalue weighted by molar-refractivity contribution is 5.11. The van der Waals surface area contributed by atoms with E-state index in [1.165, 1.54) is 0 Å². The predicted molar refractivity (Wildman–Crippen MR) is 62.7 cm³/mol. The maximum Gasteiger partial charge on any atom is 0.278 e. The van der Waals surface area contributed by atoms with Crippen molar-refractivity contribution >= 4 is 0 Å². The summed E-state index contributed by atoms with van der Waals surface area (Å²) >= 11 is 0. The summed E-state index contributed by atoms with van der Waals surface area (Å²) in [5.41, 5.74) is 1.62. The van der Waals surface area contributed by atoms with Crippen molar-refractivity contribution in [2.45, 2.75) is 25.8 Å². The van der Waals surface area contributed by atoms with Crippen molar-refractivity contribution in [3.8, 4) is 5.88 Å². The molecule has 1 saturated heterocycles. The molecule has 102 valence electrons. The first-order valence-corrected chi connectivity index (χ1v) is 6.22. The number of hydrogen-bond donors (Lipinski definition) is 0. The Hall–Kier alpha value is -1.96. The van der Waals surface area contributed by atoms with Crippen LogP contribution in [0.15, 0.2) is 10.8 Å². The third-order valence-electron chi connectivity index (χ3n) is 3.07. The van der Waals surface area contributed by atoms with E-state index in [0.29, 0.717) is 30.6 Å². The molecule has 2 aromatic heterocycles. The van der Waals surface area contributed by atoms with E-state index in [2.05, 4.69) is 25.3 Å². The molecule has 1 fully saturated rings. The average molecular weight is 265 g/mol. The number of nitrogens with zero attached hydrogens (tertiary/aromatic N) is 5. The first kappa shape index (κ1) is 12.1. The smallest absolute Gasteiger partial charge is 0.278 e. The summed E-state index contributed by atoms with van der Waals surface area (Å²) < 4.78 is 17.1. The lowest BCUT2D eigenvalue weighted by atomic mass is 10.1. The first-order valence-electron chi connectivity index (χ1n) is 6.22. The molecule has 0 saturated carbocycles. The van der Waals surface area contributed by atoms with Crippen LogP contribution in [-0.4, -0.2) is 45.1 Å². The molecule has 0 bridgehead atoms. The van der Waals surface area contributed by atoms with Crippen molar-refractivity contribution in [3.05, 3.63) is 17.6 Å². The molecule has 8 nitrogen and oxygen atoms in total. The van der Waals surface area contributed by atoms with Crippen molar-refractivity contribution in [2.24, 2.45) is 0 Å². The van der Waals surface area contributed by atoms with Crippen LogP contribution >= 0.6 is 0 Å². The van der Waals surface area contributed by atoms with E-state index in [0.717, 1.165) is 25.3 Å². The molecule has 19 heavy (non-hydrogen) atoms. The highest BCUT2D eigenvalue weighted by Gasteiger charge is 2.20. The zero-order chi connectivity index (χ0) is 13.1. The average Bonchev–Trinajstić information content (AvgIpc) is 3.11. The molecule has 0 aromatic carbocycles. The van der Waals surface area contributed by atoms with Crippen molar-refractivity contribution in [3.63, 3.8) is 0 Å². The Morgan fingerprint density at radius 2 is 2.42 bits per heavy atom. The molecule has 3 heterocycles. The summed E-state index contributed by atoms with van der Waals surface area (Å²) in [6.07, 6.45) is 2.95. The summed E-state index contributed by atoms with van der Waals surface area (Å²) in [5.74, 6) is 0.793. The van der Waals surface area contributed by atoms with E-state index in [1.54, 1.807) is 11.6 Å². The van der Waals surface area contributed by atoms with Gasteiger partial charge in [0.1, 0.15) is 12.3 Å². The molecule has 1 aliphatic heterocycles. The second-order valence-corrected chi connectivity index (χ2v) is 4.47. The Morgan fingerprint density at radius 1 is 1.47 bits per heavy atom. The van der Waals surface area contributed by atoms with Crippen LogP contribution in [0.2, 0.25) is 0 Å². The Kier molecular flexibility index (Phi) is 3.41. The Balaban J connectivity index is 1.51. The lowest BCUT2D eigenvalue weighted by Crippen LogP contribution is -2.09. The van der Waals surface area contributed by atoms with Crippen molar-refractivity contribution in [1.82, 2.24) is 25.3 Å². The van der Waals surface area contributed by atoms with Gasteiger partial charge in [-0.05, 0) is 18.5 Å². The molecule has 0 radical (unpaired) electrons. The van der Waals surface area contributed by atoms with Gasteiger partial charge in [-0.1, -0.05) is 10.4 Å². The number of aryl methyl sites for hydroxylation is 1. The fourth-order valence-corrected chi connectivity index (χ4v) is 1.97. The van der Waals surface area contributed by atoms with Gasteiger partial charge in [0.25, 0.3) is 5.88 Å². The fourth-order valence-electron chi connectivity index (χ4n) is 1.97. The van der Waals surface area contributed by atoms with E-state index in [9.17, 15) is 0 Å². The molecule has 0 amide bonds. The van der Waals surface area contributed by atoms with Gasteiger partial charge >= 0.3 is 0 Å². The van der Waals surface area contributed by atoms with E-state index < -0.39 is 0 Å². The molecule has 1 atom stereocenters. The molecule has 3 rings (SSSR count). The minimum Gasteiger partial charge on any atom is -0.472 e. The van der Waals surface area contributed by atoms with Crippen LogP contribution in [0, 0.1) is 6.92 Å². The zero-order valence-electron chi connectivity index (χ0n) is 10.7. The van der Waals surface area contributed by atoms with E-state index in [4.69, 9.17) is 9.47 Å². The van der Waals surface area contributed by atoms with Crippen LogP contribution in [0.4, 0.5) is 0 Å². The molecule has 0 N–H and O–H groups in total. The molecule has 2 aromatic rings. The lowest BCUT2D eigenvalue weighted by Gasteiger charge is -2.02. The maximum atomic E-state index is 5.43. The van der Waals surface area contributed by atoms with Crippen molar-refractivity contribution < 1.29 is 14.1 Å². The fraction of sp³-hybridized carbons (Fsp3) is 0.636. The van der Waals surface area contributed by atoms with E-state index >= 15 is 0 Å². The topological polar surface area (TPSA) is 88.1 Å². The van der Waals surface area contributed by atoms with Crippen LogP contribution in [0.5, 0.6) is 5.88 Å². The third-order valence-corrected chi connectivity index (χ3v) is 3.07. The summed E-state index contributed by atoms with van der Waals surface area (Å²) in [4.78, 5) is 0. The normalized spacial score (nSPS) is 18.9. The summed E-state index contributed by atoms with van der Waals surface area (Å²) in [6, 6.07) is 0. The monoisotopic (exact) mass is 265 g/mol. The zero-order valence-corrected chi connectivity index (χ0v) is 10.7. The summed E-state index contributed by atoms with van der Waals surface area (Å²) in [7, 11) is 0. The van der Waals surface area contributed by atoms with Crippen molar-refractivity contribution in [2.75, 3.05) is 19.8 Å². The Morgan fingerprint density at radius 3 is 3.16 bits per heavy atom. The van der Waals surface area contributed by atoms with E-state index in [-0.39, 0.29) is 0 Å². The minimum absolute atomic E-state index is 0.372. The van der Waals surface area contributed by atoms with Gasteiger partial charge in [0.2, 0.25) is 0 Å². The number of hydrogen-bond acceptors (Lipinski definition) is 7. The van der Waals surface area contributed by atoms with Crippen molar-refractivity contribution in [1.29, 1.82) is 0 Å². The highest BCUT2D eigenvalue weighted by Crippen LogP contribution is 2.22.